The van der Waals surface area contributed by atoms with Gasteiger partial charge in [0.1, 0.15) is 17.1 Å². The summed E-state index contributed by atoms with van der Waals surface area (Å²) >= 11 is 0. The number of benzene rings is 2. The van der Waals surface area contributed by atoms with Gasteiger partial charge in [-0.1, -0.05) is 0 Å². The fourth-order valence-electron chi connectivity index (χ4n) is 2.52. The van der Waals surface area contributed by atoms with E-state index in [-0.39, 0.29) is 11.5 Å². The Balaban J connectivity index is 1.81. The van der Waals surface area contributed by atoms with Crippen LogP contribution < -0.4 is 0 Å². The number of furan rings is 1. The average Bonchev–Trinajstić information content (AvgIpc) is 3.22. The van der Waals surface area contributed by atoms with Gasteiger partial charge < -0.3 is 8.83 Å². The number of oxazole rings is 1. The van der Waals surface area contributed by atoms with Crippen LogP contribution in [0.1, 0.15) is 5.56 Å². The van der Waals surface area contributed by atoms with Crippen LogP contribution in [0.25, 0.3) is 33.9 Å². The minimum absolute atomic E-state index is 0.0805. The molecule has 0 amide bonds. The Kier molecular flexibility index (Phi) is 3.38. The Morgan fingerprint density at radius 1 is 0.920 bits per heavy atom. The van der Waals surface area contributed by atoms with E-state index in [9.17, 15) is 17.6 Å². The molecule has 126 valence electrons. The number of halogens is 4. The second kappa shape index (κ2) is 5.47. The first kappa shape index (κ1) is 15.4. The van der Waals surface area contributed by atoms with Crippen LogP contribution in [0.2, 0.25) is 0 Å². The molecule has 0 bridgehead atoms. The number of nitrogens with zero attached hydrogens (tertiary/aromatic N) is 1. The first-order chi connectivity index (χ1) is 11.9. The molecule has 0 fully saturated rings. The maximum absolute atomic E-state index is 13.6. The monoisotopic (exact) mass is 347 g/mol. The summed E-state index contributed by atoms with van der Waals surface area (Å²) in [6.07, 6.45) is -3.13. The molecule has 2 aromatic heterocycles. The zero-order valence-electron chi connectivity index (χ0n) is 12.5. The largest absolute Gasteiger partial charge is 0.464 e. The number of rotatable bonds is 2. The summed E-state index contributed by atoms with van der Waals surface area (Å²) in [4.78, 5) is 4.14. The number of aromatic nitrogens is 1. The first-order valence-corrected chi connectivity index (χ1v) is 7.23. The summed E-state index contributed by atoms with van der Waals surface area (Å²) in [5.41, 5.74) is 0.365. The van der Waals surface area contributed by atoms with Crippen molar-refractivity contribution in [3.05, 3.63) is 66.2 Å². The molecule has 0 aliphatic rings. The quantitative estimate of drug-likeness (QED) is 0.423. The third kappa shape index (κ3) is 2.88. The molecule has 25 heavy (non-hydrogen) atoms. The second-order valence-electron chi connectivity index (χ2n) is 5.41. The van der Waals surface area contributed by atoms with E-state index < -0.39 is 17.6 Å². The number of alkyl halides is 3. The molecule has 2 aromatic carbocycles. The molecule has 0 saturated carbocycles. The standard InChI is InChI=1S/C18H9F4NO2/c19-13-7-11(6-12(9-13)18(20,21)22)17-23-14-4-3-10(8-16(14)25-17)15-2-1-5-24-15/h1-9H. The fourth-order valence-corrected chi connectivity index (χ4v) is 2.52. The van der Waals surface area contributed by atoms with Crippen LogP contribution in [0, 0.1) is 5.82 Å². The molecular formula is C18H9F4NO2. The van der Waals surface area contributed by atoms with Crippen LogP contribution in [0.3, 0.4) is 0 Å². The van der Waals surface area contributed by atoms with E-state index in [4.69, 9.17) is 8.83 Å². The van der Waals surface area contributed by atoms with Gasteiger partial charge in [0.15, 0.2) is 5.58 Å². The van der Waals surface area contributed by atoms with E-state index in [1.807, 2.05) is 0 Å². The molecule has 7 heteroatoms. The van der Waals surface area contributed by atoms with Gasteiger partial charge in [0, 0.05) is 11.1 Å². The van der Waals surface area contributed by atoms with Gasteiger partial charge in [-0.25, -0.2) is 9.37 Å². The number of hydrogen-bond donors (Lipinski definition) is 0. The van der Waals surface area contributed by atoms with Gasteiger partial charge in [0.2, 0.25) is 5.89 Å². The van der Waals surface area contributed by atoms with E-state index in [2.05, 4.69) is 4.98 Å². The molecule has 0 radical (unpaired) electrons. The van der Waals surface area contributed by atoms with Crippen molar-refractivity contribution in [1.29, 1.82) is 0 Å². The molecule has 0 spiro atoms. The smallest absolute Gasteiger partial charge is 0.416 e. The number of hydrogen-bond acceptors (Lipinski definition) is 3. The summed E-state index contributed by atoms with van der Waals surface area (Å²) in [6, 6.07) is 10.8. The highest BCUT2D eigenvalue weighted by Crippen LogP contribution is 2.34. The van der Waals surface area contributed by atoms with E-state index in [1.54, 1.807) is 30.3 Å². The van der Waals surface area contributed by atoms with Crippen molar-refractivity contribution in [3.8, 4) is 22.8 Å². The zero-order valence-corrected chi connectivity index (χ0v) is 12.5. The summed E-state index contributed by atoms with van der Waals surface area (Å²) in [5, 5.41) is 0. The Morgan fingerprint density at radius 2 is 1.76 bits per heavy atom. The van der Waals surface area contributed by atoms with E-state index in [0.717, 1.165) is 17.7 Å². The SMILES string of the molecule is Fc1cc(-c2nc3ccc(-c4ccco4)cc3o2)cc(C(F)(F)F)c1. The second-order valence-corrected chi connectivity index (χ2v) is 5.41. The van der Waals surface area contributed by atoms with Crippen molar-refractivity contribution in [2.75, 3.05) is 0 Å². The van der Waals surface area contributed by atoms with Crippen molar-refractivity contribution >= 4 is 11.1 Å². The lowest BCUT2D eigenvalue weighted by Crippen LogP contribution is -2.05. The zero-order chi connectivity index (χ0) is 17.6. The first-order valence-electron chi connectivity index (χ1n) is 7.23. The van der Waals surface area contributed by atoms with Crippen LogP contribution in [-0.2, 0) is 6.18 Å². The van der Waals surface area contributed by atoms with Gasteiger partial charge in [0.05, 0.1) is 11.8 Å². The molecule has 4 rings (SSSR count). The molecular weight excluding hydrogens is 338 g/mol. The fraction of sp³-hybridized carbons (Fsp3) is 0.0556. The predicted octanol–water partition coefficient (Wildman–Crippen LogP) is 5.91. The lowest BCUT2D eigenvalue weighted by atomic mass is 10.1. The van der Waals surface area contributed by atoms with Gasteiger partial charge in [-0.05, 0) is 48.5 Å². The minimum atomic E-state index is -4.66. The Hall–Kier alpha value is -3.09. The van der Waals surface area contributed by atoms with E-state index in [1.165, 1.54) is 6.26 Å². The highest BCUT2D eigenvalue weighted by Gasteiger charge is 2.32. The lowest BCUT2D eigenvalue weighted by molar-refractivity contribution is -0.137. The average molecular weight is 347 g/mol. The molecule has 0 aliphatic carbocycles. The molecule has 0 aliphatic heterocycles. The molecule has 2 heterocycles. The third-order valence-corrected chi connectivity index (χ3v) is 3.67. The van der Waals surface area contributed by atoms with Crippen molar-refractivity contribution in [2.24, 2.45) is 0 Å². The van der Waals surface area contributed by atoms with Gasteiger partial charge in [0.25, 0.3) is 0 Å². The maximum atomic E-state index is 13.6. The van der Waals surface area contributed by atoms with Crippen LogP contribution in [0.4, 0.5) is 17.6 Å². The molecule has 0 atom stereocenters. The van der Waals surface area contributed by atoms with Crippen LogP contribution >= 0.6 is 0 Å². The van der Waals surface area contributed by atoms with Crippen molar-refractivity contribution in [3.63, 3.8) is 0 Å². The Morgan fingerprint density at radius 3 is 2.48 bits per heavy atom. The van der Waals surface area contributed by atoms with Gasteiger partial charge in [-0.15, -0.1) is 0 Å². The van der Waals surface area contributed by atoms with Gasteiger partial charge in [-0.2, -0.15) is 13.2 Å². The van der Waals surface area contributed by atoms with Crippen LogP contribution in [0.15, 0.2) is 63.6 Å². The van der Waals surface area contributed by atoms with Crippen molar-refractivity contribution < 1.29 is 26.4 Å². The lowest BCUT2D eigenvalue weighted by Gasteiger charge is -2.07. The maximum Gasteiger partial charge on any atom is 0.416 e. The summed E-state index contributed by atoms with van der Waals surface area (Å²) < 4.78 is 62.9. The normalized spacial score (nSPS) is 12.0. The van der Waals surface area contributed by atoms with E-state index >= 15 is 0 Å². The van der Waals surface area contributed by atoms with E-state index in [0.29, 0.717) is 22.9 Å². The third-order valence-electron chi connectivity index (χ3n) is 3.67. The summed E-state index contributed by atoms with van der Waals surface area (Å²) in [6.45, 7) is 0. The molecule has 4 aromatic rings. The van der Waals surface area contributed by atoms with Gasteiger partial charge in [-0.3, -0.25) is 0 Å². The Labute approximate surface area is 138 Å². The van der Waals surface area contributed by atoms with Crippen LogP contribution in [-0.4, -0.2) is 4.98 Å². The summed E-state index contributed by atoms with van der Waals surface area (Å²) in [7, 11) is 0. The highest BCUT2D eigenvalue weighted by molar-refractivity contribution is 5.81. The predicted molar refractivity (Wildman–Crippen MR) is 82.1 cm³/mol. The molecule has 0 unspecified atom stereocenters. The number of fused-ring (bicyclic) bond motifs is 1. The topological polar surface area (TPSA) is 39.2 Å². The van der Waals surface area contributed by atoms with Gasteiger partial charge >= 0.3 is 6.18 Å². The Bertz CT molecular complexity index is 1050. The van der Waals surface area contributed by atoms with Crippen molar-refractivity contribution in [2.45, 2.75) is 6.18 Å². The van der Waals surface area contributed by atoms with Crippen LogP contribution in [0.5, 0.6) is 0 Å². The summed E-state index contributed by atoms with van der Waals surface area (Å²) in [5.74, 6) is -0.482. The van der Waals surface area contributed by atoms with Crippen molar-refractivity contribution in [1.82, 2.24) is 4.98 Å². The molecule has 0 saturated heterocycles. The molecule has 3 nitrogen and oxygen atoms in total. The minimum Gasteiger partial charge on any atom is -0.464 e. The highest BCUT2D eigenvalue weighted by atomic mass is 19.4. The molecule has 0 N–H and O–H groups in total.